The third-order valence-corrected chi connectivity index (χ3v) is 3.90. The van der Waals surface area contributed by atoms with Gasteiger partial charge in [0.1, 0.15) is 0 Å². The van der Waals surface area contributed by atoms with Crippen LogP contribution in [-0.2, 0) is 22.4 Å². The maximum absolute atomic E-state index is 11.9. The van der Waals surface area contributed by atoms with Crippen molar-refractivity contribution in [2.24, 2.45) is 17.6 Å². The number of hydrogen-bond acceptors (Lipinski definition) is 5. The number of ether oxygens (including phenoxy) is 2. The Morgan fingerprint density at radius 2 is 1.46 bits per heavy atom. The molecule has 5 nitrogen and oxygen atoms in total. The topological polar surface area (TPSA) is 78.6 Å². The Kier molecular flexibility index (Phi) is 7.42. The number of hydrogen-bond donors (Lipinski definition) is 1. The molecule has 2 N–H and O–H groups in total. The molecule has 1 aromatic rings. The second-order valence-electron chi connectivity index (χ2n) is 6.72. The van der Waals surface area contributed by atoms with E-state index < -0.39 is 0 Å². The van der Waals surface area contributed by atoms with Crippen LogP contribution >= 0.6 is 17.0 Å². The third kappa shape index (κ3) is 5.05. The van der Waals surface area contributed by atoms with E-state index in [1.165, 1.54) is 0 Å². The zero-order valence-electron chi connectivity index (χ0n) is 14.6. The maximum atomic E-state index is 11.9. The molecule has 2 rings (SSSR count). The van der Waals surface area contributed by atoms with Crippen molar-refractivity contribution in [3.63, 3.8) is 0 Å². The van der Waals surface area contributed by atoms with E-state index in [1.807, 2.05) is 6.07 Å². The highest BCUT2D eigenvalue weighted by Gasteiger charge is 2.23. The highest BCUT2D eigenvalue weighted by Crippen LogP contribution is 2.35. The smallest absolute Gasteiger partial charge is 0.313 e. The highest BCUT2D eigenvalue weighted by molar-refractivity contribution is 8.93. The number of nitrogens with two attached hydrogens (primary N) is 1. The van der Waals surface area contributed by atoms with Gasteiger partial charge in [0.2, 0.25) is 0 Å². The Morgan fingerprint density at radius 1 is 1.00 bits per heavy atom. The molecule has 6 heteroatoms. The van der Waals surface area contributed by atoms with E-state index >= 15 is 0 Å². The van der Waals surface area contributed by atoms with Gasteiger partial charge in [-0.2, -0.15) is 0 Å². The summed E-state index contributed by atoms with van der Waals surface area (Å²) in [4.78, 5) is 23.9. The van der Waals surface area contributed by atoms with Crippen LogP contribution in [0.3, 0.4) is 0 Å². The van der Waals surface area contributed by atoms with E-state index in [4.69, 9.17) is 15.2 Å². The van der Waals surface area contributed by atoms with Gasteiger partial charge in [0.15, 0.2) is 11.5 Å². The summed E-state index contributed by atoms with van der Waals surface area (Å²) < 4.78 is 10.9. The van der Waals surface area contributed by atoms with Crippen LogP contribution < -0.4 is 15.2 Å². The average molecular weight is 400 g/mol. The largest absolute Gasteiger partial charge is 0.422 e. The first-order valence-corrected chi connectivity index (χ1v) is 8.12. The molecule has 134 valence electrons. The number of halogens is 1. The van der Waals surface area contributed by atoms with Gasteiger partial charge in [0, 0.05) is 6.04 Å². The van der Waals surface area contributed by atoms with Gasteiger partial charge in [-0.1, -0.05) is 27.7 Å². The van der Waals surface area contributed by atoms with Crippen molar-refractivity contribution in [3.8, 4) is 11.5 Å². The second kappa shape index (κ2) is 8.62. The molecule has 1 aliphatic rings. The van der Waals surface area contributed by atoms with Crippen molar-refractivity contribution in [2.75, 3.05) is 0 Å². The summed E-state index contributed by atoms with van der Waals surface area (Å²) in [5.41, 5.74) is 8.17. The molecule has 1 atom stereocenters. The monoisotopic (exact) mass is 399 g/mol. The molecule has 0 spiro atoms. The summed E-state index contributed by atoms with van der Waals surface area (Å²) in [5, 5.41) is 0. The minimum absolute atomic E-state index is 0. The van der Waals surface area contributed by atoms with Crippen molar-refractivity contribution >= 4 is 28.9 Å². The second-order valence-corrected chi connectivity index (χ2v) is 6.72. The van der Waals surface area contributed by atoms with Crippen molar-refractivity contribution in [2.45, 2.75) is 53.0 Å². The van der Waals surface area contributed by atoms with E-state index in [1.54, 1.807) is 33.8 Å². The zero-order chi connectivity index (χ0) is 17.1. The number of esters is 2. The molecule has 0 amide bonds. The van der Waals surface area contributed by atoms with Gasteiger partial charge in [-0.3, -0.25) is 9.59 Å². The molecular weight excluding hydrogens is 374 g/mol. The van der Waals surface area contributed by atoms with Crippen molar-refractivity contribution in [3.05, 3.63) is 23.3 Å². The summed E-state index contributed by atoms with van der Waals surface area (Å²) >= 11 is 0. The number of rotatable bonds is 4. The van der Waals surface area contributed by atoms with Crippen LogP contribution in [0.5, 0.6) is 11.5 Å². The van der Waals surface area contributed by atoms with Crippen LogP contribution in [-0.4, -0.2) is 18.0 Å². The van der Waals surface area contributed by atoms with Crippen LogP contribution in [0.1, 0.15) is 45.2 Å². The van der Waals surface area contributed by atoms with E-state index in [2.05, 4.69) is 0 Å². The Bertz CT molecular complexity index is 613. The first kappa shape index (κ1) is 20.6. The van der Waals surface area contributed by atoms with Crippen LogP contribution in [0.4, 0.5) is 0 Å². The molecule has 1 unspecified atom stereocenters. The van der Waals surface area contributed by atoms with Gasteiger partial charge < -0.3 is 15.2 Å². The van der Waals surface area contributed by atoms with Crippen molar-refractivity contribution in [1.82, 2.24) is 0 Å². The molecule has 0 fully saturated rings. The number of carbonyl (C=O) groups excluding carboxylic acids is 2. The summed E-state index contributed by atoms with van der Waals surface area (Å²) in [7, 11) is 0. The molecule has 24 heavy (non-hydrogen) atoms. The van der Waals surface area contributed by atoms with E-state index in [9.17, 15) is 9.59 Å². The average Bonchev–Trinajstić information content (AvgIpc) is 2.47. The zero-order valence-corrected chi connectivity index (χ0v) is 16.3. The third-order valence-electron chi connectivity index (χ3n) is 3.90. The first-order valence-electron chi connectivity index (χ1n) is 8.12. The molecule has 1 aliphatic carbocycles. The summed E-state index contributed by atoms with van der Waals surface area (Å²) in [6.45, 7) is 7.05. The van der Waals surface area contributed by atoms with Crippen LogP contribution in [0, 0.1) is 11.8 Å². The fourth-order valence-corrected chi connectivity index (χ4v) is 2.40. The van der Waals surface area contributed by atoms with Crippen molar-refractivity contribution in [1.29, 1.82) is 0 Å². The molecule has 0 radical (unpaired) electrons. The maximum Gasteiger partial charge on any atom is 0.313 e. The Morgan fingerprint density at radius 3 is 1.92 bits per heavy atom. The Balaban J connectivity index is 0.00000288. The predicted molar refractivity (Wildman–Crippen MR) is 97.7 cm³/mol. The molecule has 0 aliphatic heterocycles. The van der Waals surface area contributed by atoms with Crippen molar-refractivity contribution < 1.29 is 19.1 Å². The van der Waals surface area contributed by atoms with Crippen LogP contribution in [0.25, 0.3) is 0 Å². The van der Waals surface area contributed by atoms with Gasteiger partial charge in [0.05, 0.1) is 11.8 Å². The summed E-state index contributed by atoms with van der Waals surface area (Å²) in [6.07, 6.45) is 2.47. The predicted octanol–water partition coefficient (Wildman–Crippen LogP) is 3.20. The number of aryl methyl sites for hydroxylation is 1. The Labute approximate surface area is 153 Å². The minimum atomic E-state index is -0.355. The lowest BCUT2D eigenvalue weighted by Gasteiger charge is -2.23. The lowest BCUT2D eigenvalue weighted by Crippen LogP contribution is -2.28. The summed E-state index contributed by atoms with van der Waals surface area (Å²) in [5.74, 6) is -0.612. The van der Waals surface area contributed by atoms with Gasteiger partial charge in [-0.05, 0) is 42.5 Å². The molecule has 1 aromatic carbocycles. The standard InChI is InChI=1S/C18H25NO4.BrH/c1-10(2)17(20)22-15-8-12-5-6-14(19)7-13(12)9-16(15)23-18(21)11(3)4;/h8-11,14H,5-7,19H2,1-4H3;1H. The molecule has 0 saturated carbocycles. The lowest BCUT2D eigenvalue weighted by atomic mass is 9.88. The normalized spacial score (nSPS) is 16.4. The van der Waals surface area contributed by atoms with Gasteiger partial charge in [-0.15, -0.1) is 17.0 Å². The molecule has 0 heterocycles. The number of benzene rings is 1. The Hall–Kier alpha value is -1.40. The lowest BCUT2D eigenvalue weighted by molar-refractivity contribution is -0.140. The quantitative estimate of drug-likeness (QED) is 0.620. The number of carbonyl (C=O) groups is 2. The minimum Gasteiger partial charge on any atom is -0.422 e. The molecule has 0 bridgehead atoms. The van der Waals surface area contributed by atoms with Crippen LogP contribution in [0.15, 0.2) is 12.1 Å². The SMILES string of the molecule is Br.CC(C)C(=O)Oc1cc2c(cc1OC(=O)C(C)C)CC(N)CC2. The fourth-order valence-electron chi connectivity index (χ4n) is 2.40. The number of fused-ring (bicyclic) bond motifs is 1. The fraction of sp³-hybridized carbons (Fsp3) is 0.556. The molecule has 0 saturated heterocycles. The molecule has 0 aromatic heterocycles. The first-order chi connectivity index (χ1) is 10.8. The van der Waals surface area contributed by atoms with Crippen LogP contribution in [0.2, 0.25) is 0 Å². The van der Waals surface area contributed by atoms with E-state index in [-0.39, 0.29) is 46.8 Å². The molecular formula is C18H26BrNO4. The summed E-state index contributed by atoms with van der Waals surface area (Å²) in [6, 6.07) is 3.71. The van der Waals surface area contributed by atoms with Gasteiger partial charge in [-0.25, -0.2) is 0 Å². The van der Waals surface area contributed by atoms with Gasteiger partial charge in [0.25, 0.3) is 0 Å². The van der Waals surface area contributed by atoms with E-state index in [0.29, 0.717) is 11.5 Å². The van der Waals surface area contributed by atoms with Gasteiger partial charge >= 0.3 is 11.9 Å². The highest BCUT2D eigenvalue weighted by atomic mass is 79.9. The van der Waals surface area contributed by atoms with E-state index in [0.717, 1.165) is 30.4 Å².